The first-order valence-corrected chi connectivity index (χ1v) is 5.23. The van der Waals surface area contributed by atoms with Crippen molar-refractivity contribution < 1.29 is 14.3 Å². The van der Waals surface area contributed by atoms with Crippen LogP contribution in [-0.4, -0.2) is 46.9 Å². The fraction of sp³-hybridized carbons (Fsp3) is 0.500. The molecule has 1 heterocycles. The summed E-state index contributed by atoms with van der Waals surface area (Å²) in [7, 11) is 1.55. The number of nitrogens with zero attached hydrogens (tertiary/aromatic N) is 1. The smallest absolute Gasteiger partial charge is 0.323 e. The van der Waals surface area contributed by atoms with Crippen LogP contribution in [0.15, 0.2) is 11.0 Å². The van der Waals surface area contributed by atoms with Gasteiger partial charge in [0.15, 0.2) is 0 Å². The largest absolute Gasteiger partial charge is 0.466 e. The van der Waals surface area contributed by atoms with Crippen molar-refractivity contribution in [3.05, 3.63) is 22.4 Å². The highest BCUT2D eigenvalue weighted by Gasteiger charge is 2.14. The van der Waals surface area contributed by atoms with E-state index in [0.29, 0.717) is 6.61 Å². The zero-order valence-corrected chi connectivity index (χ0v) is 9.78. The molecule has 2 N–H and O–H groups in total. The van der Waals surface area contributed by atoms with Crippen molar-refractivity contribution in [2.45, 2.75) is 13.3 Å². The Balaban J connectivity index is 2.48. The van der Waals surface area contributed by atoms with Crippen molar-refractivity contribution in [3.63, 3.8) is 0 Å². The molecule has 0 aliphatic rings. The second-order valence-corrected chi connectivity index (χ2v) is 3.44. The Kier molecular flexibility index (Phi) is 4.50. The molecule has 0 saturated carbocycles. The highest BCUT2D eigenvalue weighted by molar-refractivity contribution is 5.92. The molecule has 0 spiro atoms. The van der Waals surface area contributed by atoms with Gasteiger partial charge in [-0.3, -0.25) is 9.59 Å². The Bertz CT molecular complexity index is 448. The zero-order valence-electron chi connectivity index (χ0n) is 9.78. The summed E-state index contributed by atoms with van der Waals surface area (Å²) in [6.45, 7) is 2.28. The normalized spacial score (nSPS) is 10.0. The van der Waals surface area contributed by atoms with Gasteiger partial charge < -0.3 is 19.6 Å². The van der Waals surface area contributed by atoms with Gasteiger partial charge in [-0.25, -0.2) is 4.79 Å². The molecule has 7 nitrogen and oxygen atoms in total. The molecule has 1 aromatic heterocycles. The number of aromatic amines is 2. The van der Waals surface area contributed by atoms with E-state index in [1.54, 1.807) is 14.0 Å². The van der Waals surface area contributed by atoms with Crippen LogP contribution in [0.25, 0.3) is 0 Å². The second kappa shape index (κ2) is 5.88. The SMILES string of the molecule is CCOC(=O)CCN(C)C(=O)c1c[nH]c(=O)[nH]1. The van der Waals surface area contributed by atoms with Gasteiger partial charge in [-0.05, 0) is 6.92 Å². The highest BCUT2D eigenvalue weighted by Crippen LogP contribution is 1.98. The van der Waals surface area contributed by atoms with Gasteiger partial charge in [-0.15, -0.1) is 0 Å². The number of amides is 1. The Morgan fingerprint density at radius 2 is 2.18 bits per heavy atom. The number of rotatable bonds is 5. The topological polar surface area (TPSA) is 95.3 Å². The van der Waals surface area contributed by atoms with Gasteiger partial charge in [0.1, 0.15) is 5.69 Å². The standard InChI is InChI=1S/C10H15N3O4/c1-3-17-8(14)4-5-13(2)9(15)7-6-11-10(16)12-7/h6H,3-5H2,1-2H3,(H2,11,12,16). The van der Waals surface area contributed by atoms with E-state index in [4.69, 9.17) is 4.74 Å². The zero-order chi connectivity index (χ0) is 12.8. The third-order valence-corrected chi connectivity index (χ3v) is 2.13. The average molecular weight is 241 g/mol. The van der Waals surface area contributed by atoms with Crippen molar-refractivity contribution in [2.75, 3.05) is 20.2 Å². The minimum atomic E-state index is -0.438. The summed E-state index contributed by atoms with van der Waals surface area (Å²) in [5, 5.41) is 0. The summed E-state index contributed by atoms with van der Waals surface area (Å²) in [6.07, 6.45) is 1.43. The molecule has 0 radical (unpaired) electrons. The summed E-state index contributed by atoms with van der Waals surface area (Å²) in [4.78, 5) is 39.6. The lowest BCUT2D eigenvalue weighted by Crippen LogP contribution is -2.30. The third kappa shape index (κ3) is 3.78. The molecule has 0 unspecified atom stereocenters. The van der Waals surface area contributed by atoms with Crippen LogP contribution >= 0.6 is 0 Å². The number of hydrogen-bond donors (Lipinski definition) is 2. The number of H-pyrrole nitrogens is 2. The molecule has 94 valence electrons. The number of carbonyl (C=O) groups excluding carboxylic acids is 2. The number of ether oxygens (including phenoxy) is 1. The van der Waals surface area contributed by atoms with Gasteiger partial charge >= 0.3 is 11.7 Å². The number of carbonyl (C=O) groups is 2. The van der Waals surface area contributed by atoms with E-state index in [-0.39, 0.29) is 30.5 Å². The van der Waals surface area contributed by atoms with Crippen molar-refractivity contribution >= 4 is 11.9 Å². The molecule has 0 aromatic carbocycles. The van der Waals surface area contributed by atoms with Crippen LogP contribution in [0.4, 0.5) is 0 Å². The van der Waals surface area contributed by atoms with Gasteiger partial charge in [0, 0.05) is 19.8 Å². The first kappa shape index (κ1) is 13.0. The van der Waals surface area contributed by atoms with Crippen molar-refractivity contribution in [3.8, 4) is 0 Å². The molecule has 0 bridgehead atoms. The molecular weight excluding hydrogens is 226 g/mol. The van der Waals surface area contributed by atoms with E-state index in [0.717, 1.165) is 0 Å². The molecular formula is C10H15N3O4. The maximum atomic E-state index is 11.7. The number of hydrogen-bond acceptors (Lipinski definition) is 4. The average Bonchev–Trinajstić information content (AvgIpc) is 2.72. The van der Waals surface area contributed by atoms with E-state index in [2.05, 4.69) is 9.97 Å². The first-order valence-electron chi connectivity index (χ1n) is 5.23. The van der Waals surface area contributed by atoms with Crippen LogP contribution in [0.1, 0.15) is 23.8 Å². The van der Waals surface area contributed by atoms with Gasteiger partial charge in [0.2, 0.25) is 0 Å². The van der Waals surface area contributed by atoms with Crippen LogP contribution in [0, 0.1) is 0 Å². The Morgan fingerprint density at radius 1 is 1.47 bits per heavy atom. The Morgan fingerprint density at radius 3 is 2.71 bits per heavy atom. The molecule has 0 fully saturated rings. The van der Waals surface area contributed by atoms with Gasteiger partial charge in [-0.1, -0.05) is 0 Å². The highest BCUT2D eigenvalue weighted by atomic mass is 16.5. The van der Waals surface area contributed by atoms with Crippen LogP contribution in [0.3, 0.4) is 0 Å². The fourth-order valence-electron chi connectivity index (χ4n) is 1.25. The summed E-state index contributed by atoms with van der Waals surface area (Å²) in [6, 6.07) is 0. The number of imidazole rings is 1. The quantitative estimate of drug-likeness (QED) is 0.693. The van der Waals surface area contributed by atoms with Crippen LogP contribution in [-0.2, 0) is 9.53 Å². The van der Waals surface area contributed by atoms with E-state index in [1.807, 2.05) is 0 Å². The van der Waals surface area contributed by atoms with Crippen LogP contribution < -0.4 is 5.69 Å². The number of aromatic nitrogens is 2. The summed E-state index contributed by atoms with van der Waals surface area (Å²) in [5.41, 5.74) is -0.270. The number of nitrogens with one attached hydrogen (secondary N) is 2. The molecule has 0 atom stereocenters. The van der Waals surface area contributed by atoms with Crippen molar-refractivity contribution in [1.29, 1.82) is 0 Å². The molecule has 1 amide bonds. The maximum Gasteiger partial charge on any atom is 0.323 e. The van der Waals surface area contributed by atoms with Crippen LogP contribution in [0.2, 0.25) is 0 Å². The van der Waals surface area contributed by atoms with Gasteiger partial charge in [0.25, 0.3) is 5.91 Å². The van der Waals surface area contributed by atoms with Crippen molar-refractivity contribution in [2.24, 2.45) is 0 Å². The van der Waals surface area contributed by atoms with E-state index in [1.165, 1.54) is 11.1 Å². The molecule has 1 aromatic rings. The Labute approximate surface area is 97.8 Å². The lowest BCUT2D eigenvalue weighted by molar-refractivity contribution is -0.143. The van der Waals surface area contributed by atoms with Gasteiger partial charge in [-0.2, -0.15) is 0 Å². The summed E-state index contributed by atoms with van der Waals surface area (Å²) >= 11 is 0. The van der Waals surface area contributed by atoms with E-state index in [9.17, 15) is 14.4 Å². The minimum absolute atomic E-state index is 0.130. The third-order valence-electron chi connectivity index (χ3n) is 2.13. The molecule has 0 aliphatic carbocycles. The molecule has 17 heavy (non-hydrogen) atoms. The lowest BCUT2D eigenvalue weighted by Gasteiger charge is -2.15. The number of esters is 1. The summed E-state index contributed by atoms with van der Waals surface area (Å²) in [5.74, 6) is -0.706. The molecule has 0 aliphatic heterocycles. The fourth-order valence-corrected chi connectivity index (χ4v) is 1.25. The Hall–Kier alpha value is -2.05. The van der Waals surface area contributed by atoms with Gasteiger partial charge in [0.05, 0.1) is 13.0 Å². The predicted octanol–water partition coefficient (Wildman–Crippen LogP) is -0.272. The summed E-state index contributed by atoms with van der Waals surface area (Å²) < 4.78 is 4.74. The van der Waals surface area contributed by atoms with E-state index >= 15 is 0 Å². The first-order chi connectivity index (χ1) is 8.04. The van der Waals surface area contributed by atoms with E-state index < -0.39 is 5.69 Å². The second-order valence-electron chi connectivity index (χ2n) is 3.44. The van der Waals surface area contributed by atoms with Crippen LogP contribution in [0.5, 0.6) is 0 Å². The maximum absolute atomic E-state index is 11.7. The lowest BCUT2D eigenvalue weighted by atomic mass is 10.3. The monoisotopic (exact) mass is 241 g/mol. The molecule has 1 rings (SSSR count). The molecule has 0 saturated heterocycles. The predicted molar refractivity (Wildman–Crippen MR) is 59.6 cm³/mol. The minimum Gasteiger partial charge on any atom is -0.466 e. The molecule has 7 heteroatoms. The van der Waals surface area contributed by atoms with Crippen molar-refractivity contribution in [1.82, 2.24) is 14.9 Å².